The van der Waals surface area contributed by atoms with E-state index in [-0.39, 0.29) is 17.7 Å². The van der Waals surface area contributed by atoms with E-state index in [1.807, 2.05) is 45.0 Å². The molecule has 168 valence electrons. The molecule has 3 aromatic rings. The third-order valence-electron chi connectivity index (χ3n) is 4.88. The average Bonchev–Trinajstić information content (AvgIpc) is 3.20. The van der Waals surface area contributed by atoms with Gasteiger partial charge in [-0.3, -0.25) is 9.59 Å². The summed E-state index contributed by atoms with van der Waals surface area (Å²) in [5.41, 5.74) is 1.46. The van der Waals surface area contributed by atoms with Crippen molar-refractivity contribution in [2.75, 3.05) is 11.9 Å². The molecule has 0 unspecified atom stereocenters. The van der Waals surface area contributed by atoms with Gasteiger partial charge in [0.2, 0.25) is 5.91 Å². The SMILES string of the molecule is CCOc1ccc(C(=O)N[C@H](C(=O)Nc2ccnn2Cc2ccc(Cl)cc2)C(C)C)cc1. The molecule has 0 aliphatic heterocycles. The molecule has 32 heavy (non-hydrogen) atoms. The van der Waals surface area contributed by atoms with Crippen molar-refractivity contribution in [2.24, 2.45) is 5.92 Å². The van der Waals surface area contributed by atoms with Gasteiger partial charge in [-0.05, 0) is 54.8 Å². The molecule has 3 rings (SSSR count). The van der Waals surface area contributed by atoms with Crippen LogP contribution in [0.1, 0.15) is 36.7 Å². The number of halogens is 1. The second kappa shape index (κ2) is 10.8. The number of ether oxygens (including phenoxy) is 1. The third-order valence-corrected chi connectivity index (χ3v) is 5.13. The van der Waals surface area contributed by atoms with E-state index in [9.17, 15) is 9.59 Å². The molecule has 0 aliphatic carbocycles. The van der Waals surface area contributed by atoms with E-state index in [4.69, 9.17) is 16.3 Å². The van der Waals surface area contributed by atoms with Crippen molar-refractivity contribution in [3.63, 3.8) is 0 Å². The summed E-state index contributed by atoms with van der Waals surface area (Å²) in [6, 6.07) is 15.3. The Labute approximate surface area is 192 Å². The van der Waals surface area contributed by atoms with Gasteiger partial charge >= 0.3 is 0 Å². The Morgan fingerprint density at radius 2 is 1.75 bits per heavy atom. The summed E-state index contributed by atoms with van der Waals surface area (Å²) in [5.74, 6) is 0.491. The highest BCUT2D eigenvalue weighted by Crippen LogP contribution is 2.16. The number of benzene rings is 2. The average molecular weight is 455 g/mol. The lowest BCUT2D eigenvalue weighted by molar-refractivity contribution is -0.118. The van der Waals surface area contributed by atoms with Gasteiger partial charge in [0, 0.05) is 16.7 Å². The topological polar surface area (TPSA) is 85.2 Å². The molecule has 2 aromatic carbocycles. The number of nitrogens with one attached hydrogen (secondary N) is 2. The maximum absolute atomic E-state index is 13.0. The van der Waals surface area contributed by atoms with E-state index in [0.29, 0.717) is 35.3 Å². The smallest absolute Gasteiger partial charge is 0.251 e. The van der Waals surface area contributed by atoms with E-state index in [0.717, 1.165) is 5.56 Å². The molecule has 8 heteroatoms. The van der Waals surface area contributed by atoms with Gasteiger partial charge < -0.3 is 15.4 Å². The molecule has 1 atom stereocenters. The summed E-state index contributed by atoms with van der Waals surface area (Å²) in [7, 11) is 0. The lowest BCUT2D eigenvalue weighted by atomic mass is 10.0. The molecule has 2 N–H and O–H groups in total. The number of aromatic nitrogens is 2. The van der Waals surface area contributed by atoms with Crippen LogP contribution in [0.3, 0.4) is 0 Å². The summed E-state index contributed by atoms with van der Waals surface area (Å²) < 4.78 is 7.09. The first-order chi connectivity index (χ1) is 15.4. The van der Waals surface area contributed by atoms with E-state index < -0.39 is 6.04 Å². The van der Waals surface area contributed by atoms with Crippen LogP contribution in [0.5, 0.6) is 5.75 Å². The van der Waals surface area contributed by atoms with Gasteiger partial charge in [-0.1, -0.05) is 37.6 Å². The predicted octanol–water partition coefficient (Wildman–Crippen LogP) is 4.38. The fourth-order valence-corrected chi connectivity index (χ4v) is 3.29. The number of nitrogens with zero attached hydrogens (tertiary/aromatic N) is 2. The van der Waals surface area contributed by atoms with Crippen LogP contribution < -0.4 is 15.4 Å². The molecule has 0 radical (unpaired) electrons. The Morgan fingerprint density at radius 3 is 2.38 bits per heavy atom. The zero-order chi connectivity index (χ0) is 23.1. The van der Waals surface area contributed by atoms with E-state index in [1.54, 1.807) is 41.2 Å². The molecular formula is C24H27ClN4O3. The highest BCUT2D eigenvalue weighted by molar-refractivity contribution is 6.30. The lowest BCUT2D eigenvalue weighted by Gasteiger charge is -2.22. The van der Waals surface area contributed by atoms with Crippen LogP contribution in [0.2, 0.25) is 5.02 Å². The molecule has 2 amide bonds. The summed E-state index contributed by atoms with van der Waals surface area (Å²) in [6.45, 7) is 6.69. The van der Waals surface area contributed by atoms with Crippen LogP contribution in [-0.2, 0) is 11.3 Å². The van der Waals surface area contributed by atoms with Crippen molar-refractivity contribution in [3.05, 3.63) is 76.9 Å². The first kappa shape index (κ1) is 23.3. The van der Waals surface area contributed by atoms with E-state index in [2.05, 4.69) is 15.7 Å². The van der Waals surface area contributed by atoms with Crippen LogP contribution in [0, 0.1) is 5.92 Å². The molecule has 0 saturated heterocycles. The van der Waals surface area contributed by atoms with Gasteiger partial charge in [-0.25, -0.2) is 4.68 Å². The standard InChI is InChI=1S/C24H27ClN4O3/c1-4-32-20-11-7-18(8-12-20)23(30)28-22(16(2)3)24(31)27-21-13-14-26-29(21)15-17-5-9-19(25)10-6-17/h5-14,16,22H,4,15H2,1-3H3,(H,27,31)(H,28,30)/t22-/m0/s1. The van der Waals surface area contributed by atoms with E-state index >= 15 is 0 Å². The predicted molar refractivity (Wildman–Crippen MR) is 125 cm³/mol. The Balaban J connectivity index is 1.67. The first-order valence-corrected chi connectivity index (χ1v) is 10.9. The second-order valence-electron chi connectivity index (χ2n) is 7.64. The molecule has 7 nitrogen and oxygen atoms in total. The molecule has 0 bridgehead atoms. The third kappa shape index (κ3) is 6.11. The normalized spacial score (nSPS) is 11.8. The highest BCUT2D eigenvalue weighted by Gasteiger charge is 2.25. The van der Waals surface area contributed by atoms with Crippen LogP contribution in [0.25, 0.3) is 0 Å². The monoisotopic (exact) mass is 454 g/mol. The fraction of sp³-hybridized carbons (Fsp3) is 0.292. The zero-order valence-corrected chi connectivity index (χ0v) is 19.1. The van der Waals surface area contributed by atoms with Crippen molar-refractivity contribution in [1.29, 1.82) is 0 Å². The van der Waals surface area contributed by atoms with Crippen molar-refractivity contribution in [3.8, 4) is 5.75 Å². The second-order valence-corrected chi connectivity index (χ2v) is 8.08. The summed E-state index contributed by atoms with van der Waals surface area (Å²) in [5, 5.41) is 10.7. The van der Waals surface area contributed by atoms with Crippen LogP contribution in [0.15, 0.2) is 60.8 Å². The van der Waals surface area contributed by atoms with Crippen LogP contribution >= 0.6 is 11.6 Å². The lowest BCUT2D eigenvalue weighted by Crippen LogP contribution is -2.47. The number of carbonyl (C=O) groups is 2. The Kier molecular flexibility index (Phi) is 7.89. The number of anilines is 1. The minimum atomic E-state index is -0.715. The molecule has 0 spiro atoms. The molecule has 0 fully saturated rings. The van der Waals surface area contributed by atoms with Gasteiger partial charge in [-0.2, -0.15) is 5.10 Å². The Morgan fingerprint density at radius 1 is 1.06 bits per heavy atom. The van der Waals surface area contributed by atoms with Gasteiger partial charge in [0.15, 0.2) is 0 Å². The molecule has 0 aliphatic rings. The first-order valence-electron chi connectivity index (χ1n) is 10.5. The van der Waals surface area contributed by atoms with Gasteiger partial charge in [-0.15, -0.1) is 0 Å². The summed E-state index contributed by atoms with van der Waals surface area (Å²) in [4.78, 5) is 25.7. The van der Waals surface area contributed by atoms with E-state index in [1.165, 1.54) is 0 Å². The Hall–Kier alpha value is -3.32. The molecule has 0 saturated carbocycles. The van der Waals surface area contributed by atoms with Crippen molar-refractivity contribution < 1.29 is 14.3 Å². The van der Waals surface area contributed by atoms with Gasteiger partial charge in [0.25, 0.3) is 5.91 Å². The highest BCUT2D eigenvalue weighted by atomic mass is 35.5. The minimum absolute atomic E-state index is 0.116. The van der Waals surface area contributed by atoms with Gasteiger partial charge in [0.1, 0.15) is 17.6 Å². The number of amides is 2. The zero-order valence-electron chi connectivity index (χ0n) is 18.3. The fourth-order valence-electron chi connectivity index (χ4n) is 3.16. The van der Waals surface area contributed by atoms with Crippen LogP contribution in [-0.4, -0.2) is 34.2 Å². The van der Waals surface area contributed by atoms with Gasteiger partial charge in [0.05, 0.1) is 19.3 Å². The van der Waals surface area contributed by atoms with Crippen LogP contribution in [0.4, 0.5) is 5.82 Å². The van der Waals surface area contributed by atoms with Crippen molar-refractivity contribution >= 4 is 29.2 Å². The van der Waals surface area contributed by atoms with Crippen molar-refractivity contribution in [1.82, 2.24) is 15.1 Å². The molecular weight excluding hydrogens is 428 g/mol. The maximum atomic E-state index is 13.0. The number of hydrogen-bond donors (Lipinski definition) is 2. The van der Waals surface area contributed by atoms with Crippen molar-refractivity contribution in [2.45, 2.75) is 33.4 Å². The summed E-state index contributed by atoms with van der Waals surface area (Å²) >= 11 is 5.95. The number of hydrogen-bond acceptors (Lipinski definition) is 4. The Bertz CT molecular complexity index is 1050. The summed E-state index contributed by atoms with van der Waals surface area (Å²) in [6.07, 6.45) is 1.62. The molecule has 1 heterocycles. The minimum Gasteiger partial charge on any atom is -0.494 e. The number of rotatable bonds is 9. The molecule has 1 aromatic heterocycles. The quantitative estimate of drug-likeness (QED) is 0.502. The maximum Gasteiger partial charge on any atom is 0.251 e. The number of carbonyl (C=O) groups excluding carboxylic acids is 2. The largest absolute Gasteiger partial charge is 0.494 e.